The molecule has 0 fully saturated rings. The molecule has 7 nitrogen and oxygen atoms in total. The van der Waals surface area contributed by atoms with Gasteiger partial charge < -0.3 is 10.3 Å². The third kappa shape index (κ3) is 4.60. The fourth-order valence-electron chi connectivity index (χ4n) is 2.65. The lowest BCUT2D eigenvalue weighted by Crippen LogP contribution is -2.26. The van der Waals surface area contributed by atoms with Crippen LogP contribution in [0, 0.1) is 0 Å². The number of aromatic amines is 1. The molecule has 0 spiro atoms. The number of carbonyl (C=O) groups excluding carboxylic acids is 1. The Bertz CT molecular complexity index is 995. The summed E-state index contributed by atoms with van der Waals surface area (Å²) in [4.78, 5) is 20.1. The number of benzene rings is 2. The van der Waals surface area contributed by atoms with Gasteiger partial charge in [0.25, 0.3) is 5.91 Å². The van der Waals surface area contributed by atoms with E-state index in [4.69, 9.17) is 0 Å². The molecule has 136 valence electrons. The zero-order chi connectivity index (χ0) is 18.6. The zero-order valence-corrected chi connectivity index (χ0v) is 15.1. The third-order valence-electron chi connectivity index (χ3n) is 3.78. The minimum Gasteiger partial charge on any atom is -0.352 e. The molecule has 0 bridgehead atoms. The molecular formula is C18H20N4O3S. The van der Waals surface area contributed by atoms with Crippen LogP contribution in [-0.4, -0.2) is 37.1 Å². The monoisotopic (exact) mass is 372 g/mol. The van der Waals surface area contributed by atoms with Crippen molar-refractivity contribution in [1.82, 2.24) is 15.3 Å². The number of imidazole rings is 1. The number of amides is 1. The summed E-state index contributed by atoms with van der Waals surface area (Å²) >= 11 is 0. The second-order valence-electron chi connectivity index (χ2n) is 5.98. The van der Waals surface area contributed by atoms with E-state index in [0.29, 0.717) is 24.9 Å². The number of aryl methyl sites for hydroxylation is 1. The molecule has 1 aromatic heterocycles. The first-order chi connectivity index (χ1) is 12.4. The fourth-order valence-corrected chi connectivity index (χ4v) is 3.22. The van der Waals surface area contributed by atoms with Gasteiger partial charge >= 0.3 is 0 Å². The van der Waals surface area contributed by atoms with Crippen molar-refractivity contribution in [1.29, 1.82) is 0 Å². The van der Waals surface area contributed by atoms with Crippen molar-refractivity contribution in [2.75, 3.05) is 17.5 Å². The lowest BCUT2D eigenvalue weighted by Gasteiger charge is -2.10. The highest BCUT2D eigenvalue weighted by Crippen LogP contribution is 2.16. The minimum absolute atomic E-state index is 0.268. The highest BCUT2D eigenvalue weighted by atomic mass is 32.2. The smallest absolute Gasteiger partial charge is 0.253 e. The van der Waals surface area contributed by atoms with Crippen LogP contribution in [0.3, 0.4) is 0 Å². The van der Waals surface area contributed by atoms with Gasteiger partial charge in [0.2, 0.25) is 10.0 Å². The van der Waals surface area contributed by atoms with E-state index in [1.807, 2.05) is 24.3 Å². The van der Waals surface area contributed by atoms with Gasteiger partial charge in [0, 0.05) is 13.0 Å². The molecule has 1 amide bonds. The van der Waals surface area contributed by atoms with E-state index in [-0.39, 0.29) is 11.6 Å². The first kappa shape index (κ1) is 17.9. The van der Waals surface area contributed by atoms with Gasteiger partial charge in [-0.2, -0.15) is 0 Å². The maximum absolute atomic E-state index is 12.3. The first-order valence-corrected chi connectivity index (χ1v) is 10.1. The summed E-state index contributed by atoms with van der Waals surface area (Å²) in [5.41, 5.74) is 2.48. The van der Waals surface area contributed by atoms with Gasteiger partial charge in [-0.1, -0.05) is 24.3 Å². The Hall–Kier alpha value is -2.87. The molecule has 1 heterocycles. The number of nitrogens with one attached hydrogen (secondary N) is 3. The van der Waals surface area contributed by atoms with Gasteiger partial charge in [-0.3, -0.25) is 9.52 Å². The summed E-state index contributed by atoms with van der Waals surface area (Å²) in [5.74, 6) is 0.556. The fraction of sp³-hybridized carbons (Fsp3) is 0.222. The van der Waals surface area contributed by atoms with Gasteiger partial charge in [-0.05, 0) is 30.7 Å². The van der Waals surface area contributed by atoms with Crippen LogP contribution in [-0.2, 0) is 16.4 Å². The normalized spacial score (nSPS) is 11.4. The summed E-state index contributed by atoms with van der Waals surface area (Å²) in [6.45, 7) is 0.461. The second-order valence-corrected chi connectivity index (χ2v) is 7.73. The lowest BCUT2D eigenvalue weighted by molar-refractivity contribution is 0.0954. The highest BCUT2D eigenvalue weighted by Gasteiger charge is 2.13. The van der Waals surface area contributed by atoms with E-state index < -0.39 is 10.0 Å². The summed E-state index contributed by atoms with van der Waals surface area (Å²) < 4.78 is 25.2. The van der Waals surface area contributed by atoms with E-state index in [9.17, 15) is 13.2 Å². The van der Waals surface area contributed by atoms with Crippen LogP contribution in [0.4, 0.5) is 5.69 Å². The number of H-pyrrole nitrogens is 1. The molecule has 0 aliphatic carbocycles. The molecule has 0 unspecified atom stereocenters. The number of anilines is 1. The molecule has 0 saturated carbocycles. The van der Waals surface area contributed by atoms with E-state index in [2.05, 4.69) is 20.0 Å². The van der Waals surface area contributed by atoms with Crippen LogP contribution in [0.25, 0.3) is 11.0 Å². The van der Waals surface area contributed by atoms with Crippen molar-refractivity contribution in [3.8, 4) is 0 Å². The van der Waals surface area contributed by atoms with Crippen molar-refractivity contribution in [2.45, 2.75) is 12.8 Å². The molecule has 0 aliphatic rings. The van der Waals surface area contributed by atoms with Crippen LogP contribution in [0.2, 0.25) is 0 Å². The zero-order valence-electron chi connectivity index (χ0n) is 14.3. The minimum atomic E-state index is -3.45. The number of fused-ring (bicyclic) bond motifs is 1. The van der Waals surface area contributed by atoms with Crippen molar-refractivity contribution in [3.63, 3.8) is 0 Å². The van der Waals surface area contributed by atoms with Crippen LogP contribution in [0.1, 0.15) is 22.6 Å². The van der Waals surface area contributed by atoms with Crippen LogP contribution < -0.4 is 10.0 Å². The molecule has 0 atom stereocenters. The third-order valence-corrected chi connectivity index (χ3v) is 4.37. The Balaban J connectivity index is 1.56. The average molecular weight is 372 g/mol. The van der Waals surface area contributed by atoms with Crippen molar-refractivity contribution < 1.29 is 13.2 Å². The standard InChI is InChI=1S/C18H20N4O3S/c1-26(24,25)22-14-8-3-2-7-13(14)18(23)19-12-6-11-17-20-15-9-4-5-10-16(15)21-17/h2-5,7-10,22H,6,11-12H2,1H3,(H,19,23)(H,20,21). The molecule has 3 aromatic rings. The molecule has 0 radical (unpaired) electrons. The van der Waals surface area contributed by atoms with Crippen LogP contribution >= 0.6 is 0 Å². The Morgan fingerprint density at radius 2 is 1.85 bits per heavy atom. The highest BCUT2D eigenvalue weighted by molar-refractivity contribution is 7.92. The van der Waals surface area contributed by atoms with Crippen molar-refractivity contribution >= 4 is 32.7 Å². The Morgan fingerprint density at radius 3 is 2.62 bits per heavy atom. The molecule has 3 rings (SSSR count). The molecular weight excluding hydrogens is 352 g/mol. The number of hydrogen-bond acceptors (Lipinski definition) is 4. The Labute approximate surface area is 151 Å². The van der Waals surface area contributed by atoms with Gasteiger partial charge in [0.15, 0.2) is 0 Å². The first-order valence-electron chi connectivity index (χ1n) is 8.21. The predicted octanol–water partition coefficient (Wildman–Crippen LogP) is 2.30. The molecule has 26 heavy (non-hydrogen) atoms. The number of carbonyl (C=O) groups is 1. The maximum atomic E-state index is 12.3. The van der Waals surface area contributed by atoms with Gasteiger partial charge in [-0.25, -0.2) is 13.4 Å². The maximum Gasteiger partial charge on any atom is 0.253 e. The molecule has 3 N–H and O–H groups in total. The second kappa shape index (κ2) is 7.57. The number of rotatable bonds is 7. The van der Waals surface area contributed by atoms with E-state index in [0.717, 1.165) is 23.1 Å². The SMILES string of the molecule is CS(=O)(=O)Nc1ccccc1C(=O)NCCCc1nc2ccccc2[nH]1. The quantitative estimate of drug-likeness (QED) is 0.554. The van der Waals surface area contributed by atoms with E-state index in [1.165, 1.54) is 0 Å². The summed E-state index contributed by atoms with van der Waals surface area (Å²) in [7, 11) is -3.45. The summed E-state index contributed by atoms with van der Waals surface area (Å²) in [5, 5.41) is 2.81. The number of aromatic nitrogens is 2. The van der Waals surface area contributed by atoms with Crippen LogP contribution in [0.15, 0.2) is 48.5 Å². The number of hydrogen-bond donors (Lipinski definition) is 3. The molecule has 8 heteroatoms. The summed E-state index contributed by atoms with van der Waals surface area (Å²) in [6, 6.07) is 14.3. The number of nitrogens with zero attached hydrogens (tertiary/aromatic N) is 1. The van der Waals surface area contributed by atoms with Crippen molar-refractivity contribution in [2.24, 2.45) is 0 Å². The topological polar surface area (TPSA) is 104 Å². The molecule has 0 saturated heterocycles. The lowest BCUT2D eigenvalue weighted by atomic mass is 10.1. The Morgan fingerprint density at radius 1 is 1.12 bits per heavy atom. The van der Waals surface area contributed by atoms with Crippen molar-refractivity contribution in [3.05, 3.63) is 59.9 Å². The van der Waals surface area contributed by atoms with Crippen LogP contribution in [0.5, 0.6) is 0 Å². The van der Waals surface area contributed by atoms with Gasteiger partial charge in [0.05, 0.1) is 28.5 Å². The Kier molecular flexibility index (Phi) is 5.22. The van der Waals surface area contributed by atoms with Gasteiger partial charge in [0.1, 0.15) is 5.82 Å². The predicted molar refractivity (Wildman–Crippen MR) is 102 cm³/mol. The number of para-hydroxylation sites is 3. The molecule has 0 aliphatic heterocycles. The van der Waals surface area contributed by atoms with E-state index in [1.54, 1.807) is 24.3 Å². The number of sulfonamides is 1. The summed E-state index contributed by atoms with van der Waals surface area (Å²) in [6.07, 6.45) is 2.47. The van der Waals surface area contributed by atoms with E-state index >= 15 is 0 Å². The average Bonchev–Trinajstić information content (AvgIpc) is 3.00. The van der Waals surface area contributed by atoms with Gasteiger partial charge in [-0.15, -0.1) is 0 Å². The molecule has 2 aromatic carbocycles. The largest absolute Gasteiger partial charge is 0.352 e.